The summed E-state index contributed by atoms with van der Waals surface area (Å²) in [6, 6.07) is 5.45. The van der Waals surface area contributed by atoms with Crippen LogP contribution in [0.1, 0.15) is 12.8 Å². The number of likely N-dealkylation sites (tertiary alicyclic amines) is 1. The number of nitrogens with zero attached hydrogens (tertiary/aromatic N) is 1. The van der Waals surface area contributed by atoms with Crippen LogP contribution < -0.4 is 15.2 Å². The van der Waals surface area contributed by atoms with E-state index in [0.29, 0.717) is 5.69 Å². The second kappa shape index (κ2) is 4.61. The van der Waals surface area contributed by atoms with Crippen molar-refractivity contribution in [2.24, 2.45) is 0 Å². The van der Waals surface area contributed by atoms with E-state index in [4.69, 9.17) is 15.2 Å². The Morgan fingerprint density at radius 1 is 1.38 bits per heavy atom. The van der Waals surface area contributed by atoms with Gasteiger partial charge in [0.1, 0.15) is 0 Å². The molecule has 1 unspecified atom stereocenters. The molecule has 0 amide bonds. The summed E-state index contributed by atoms with van der Waals surface area (Å²) in [5, 5.41) is 0. The Kier molecular flexibility index (Phi) is 3.19. The van der Waals surface area contributed by atoms with Crippen molar-refractivity contribution in [1.82, 2.24) is 4.90 Å². The van der Waals surface area contributed by atoms with Crippen molar-refractivity contribution in [3.63, 3.8) is 0 Å². The van der Waals surface area contributed by atoms with E-state index in [9.17, 15) is 0 Å². The van der Waals surface area contributed by atoms with Crippen LogP contribution in [0, 0.1) is 0 Å². The quantitative estimate of drug-likeness (QED) is 0.791. The van der Waals surface area contributed by atoms with Crippen molar-refractivity contribution < 1.29 is 9.47 Å². The molecular weight excluding hydrogens is 204 g/mol. The van der Waals surface area contributed by atoms with Crippen LogP contribution in [-0.2, 0) is 0 Å². The molecule has 1 aliphatic heterocycles. The average molecular weight is 222 g/mol. The van der Waals surface area contributed by atoms with Crippen LogP contribution in [0.5, 0.6) is 11.5 Å². The Bertz CT molecular complexity index is 368. The van der Waals surface area contributed by atoms with Gasteiger partial charge >= 0.3 is 0 Å². The Balaban J connectivity index is 2.16. The number of methoxy groups -OCH3 is 1. The summed E-state index contributed by atoms with van der Waals surface area (Å²) >= 11 is 0. The molecule has 2 rings (SSSR count). The van der Waals surface area contributed by atoms with E-state index in [2.05, 4.69) is 11.9 Å². The predicted octanol–water partition coefficient (Wildman–Crippen LogP) is 1.71. The van der Waals surface area contributed by atoms with E-state index in [1.165, 1.54) is 6.42 Å². The fourth-order valence-corrected chi connectivity index (χ4v) is 1.96. The van der Waals surface area contributed by atoms with E-state index in [1.807, 2.05) is 18.2 Å². The lowest BCUT2D eigenvalue weighted by molar-refractivity contribution is 0.0782. The Morgan fingerprint density at radius 2 is 2.19 bits per heavy atom. The molecule has 0 aromatic heterocycles. The molecule has 0 aliphatic carbocycles. The highest BCUT2D eigenvalue weighted by atomic mass is 16.5. The minimum atomic E-state index is 0.135. The first-order chi connectivity index (χ1) is 7.70. The van der Waals surface area contributed by atoms with Gasteiger partial charge in [-0.05, 0) is 32.0 Å². The van der Waals surface area contributed by atoms with Crippen LogP contribution >= 0.6 is 0 Å². The standard InChI is InChI=1S/C12H18N2O2/c1-14-7-3-4-12(14)16-11-8-9(13)5-6-10(11)15-2/h5-6,8,12H,3-4,7,13H2,1-2H3. The van der Waals surface area contributed by atoms with Crippen molar-refractivity contribution in [1.29, 1.82) is 0 Å². The molecule has 1 aromatic carbocycles. The summed E-state index contributed by atoms with van der Waals surface area (Å²) in [5.41, 5.74) is 6.43. The van der Waals surface area contributed by atoms with Gasteiger partial charge in [0.25, 0.3) is 0 Å². The minimum absolute atomic E-state index is 0.135. The molecule has 4 heteroatoms. The number of benzene rings is 1. The zero-order valence-corrected chi connectivity index (χ0v) is 9.77. The first-order valence-electron chi connectivity index (χ1n) is 5.51. The molecule has 88 valence electrons. The highest BCUT2D eigenvalue weighted by Crippen LogP contribution is 2.31. The van der Waals surface area contributed by atoms with E-state index in [1.54, 1.807) is 7.11 Å². The lowest BCUT2D eigenvalue weighted by atomic mass is 10.3. The van der Waals surface area contributed by atoms with Gasteiger partial charge in [-0.25, -0.2) is 0 Å². The number of ether oxygens (including phenoxy) is 2. The summed E-state index contributed by atoms with van der Waals surface area (Å²) in [4.78, 5) is 2.20. The van der Waals surface area contributed by atoms with Gasteiger partial charge in [-0.2, -0.15) is 0 Å². The molecule has 1 fully saturated rings. The number of hydrogen-bond donors (Lipinski definition) is 1. The van der Waals surface area contributed by atoms with Crippen molar-refractivity contribution in [3.8, 4) is 11.5 Å². The van der Waals surface area contributed by atoms with Crippen molar-refractivity contribution >= 4 is 5.69 Å². The average Bonchev–Trinajstić information content (AvgIpc) is 2.65. The second-order valence-electron chi connectivity index (χ2n) is 4.11. The minimum Gasteiger partial charge on any atom is -0.493 e. The summed E-state index contributed by atoms with van der Waals surface area (Å²) in [6.07, 6.45) is 2.36. The molecule has 16 heavy (non-hydrogen) atoms. The molecule has 1 aliphatic rings. The van der Waals surface area contributed by atoms with Gasteiger partial charge in [-0.15, -0.1) is 0 Å². The van der Waals surface area contributed by atoms with Crippen LogP contribution in [0.2, 0.25) is 0 Å². The molecular formula is C12H18N2O2. The first kappa shape index (κ1) is 11.1. The molecule has 0 bridgehead atoms. The molecule has 2 N–H and O–H groups in total. The van der Waals surface area contributed by atoms with Crippen molar-refractivity contribution in [2.45, 2.75) is 19.1 Å². The van der Waals surface area contributed by atoms with E-state index < -0.39 is 0 Å². The number of nitrogen functional groups attached to an aromatic ring is 1. The topological polar surface area (TPSA) is 47.7 Å². The van der Waals surface area contributed by atoms with Gasteiger partial charge in [-0.3, -0.25) is 4.90 Å². The number of rotatable bonds is 3. The summed E-state index contributed by atoms with van der Waals surface area (Å²) in [7, 11) is 3.70. The summed E-state index contributed by atoms with van der Waals surface area (Å²) < 4.78 is 11.2. The van der Waals surface area contributed by atoms with Gasteiger partial charge < -0.3 is 15.2 Å². The highest BCUT2D eigenvalue weighted by molar-refractivity contribution is 5.52. The van der Waals surface area contributed by atoms with Crippen LogP contribution in [-0.4, -0.2) is 31.8 Å². The third-order valence-corrected chi connectivity index (χ3v) is 2.90. The molecule has 1 aromatic rings. The number of anilines is 1. The molecule has 4 nitrogen and oxygen atoms in total. The molecule has 1 saturated heterocycles. The summed E-state index contributed by atoms with van der Waals surface area (Å²) in [6.45, 7) is 1.08. The van der Waals surface area contributed by atoms with E-state index in [-0.39, 0.29) is 6.23 Å². The van der Waals surface area contributed by atoms with Crippen LogP contribution in [0.3, 0.4) is 0 Å². The van der Waals surface area contributed by atoms with Gasteiger partial charge in [0.2, 0.25) is 0 Å². The smallest absolute Gasteiger partial charge is 0.165 e. The largest absolute Gasteiger partial charge is 0.493 e. The molecule has 1 heterocycles. The monoisotopic (exact) mass is 222 g/mol. The van der Waals surface area contributed by atoms with E-state index in [0.717, 1.165) is 24.5 Å². The van der Waals surface area contributed by atoms with E-state index >= 15 is 0 Å². The fraction of sp³-hybridized carbons (Fsp3) is 0.500. The first-order valence-corrected chi connectivity index (χ1v) is 5.51. The Morgan fingerprint density at radius 3 is 2.81 bits per heavy atom. The maximum absolute atomic E-state index is 5.91. The lowest BCUT2D eigenvalue weighted by Crippen LogP contribution is -2.30. The maximum Gasteiger partial charge on any atom is 0.165 e. The highest BCUT2D eigenvalue weighted by Gasteiger charge is 2.23. The van der Waals surface area contributed by atoms with Gasteiger partial charge in [0, 0.05) is 18.3 Å². The van der Waals surface area contributed by atoms with Gasteiger partial charge in [0.15, 0.2) is 17.7 Å². The fourth-order valence-electron chi connectivity index (χ4n) is 1.96. The van der Waals surface area contributed by atoms with Crippen LogP contribution in [0.4, 0.5) is 5.69 Å². The number of hydrogen-bond acceptors (Lipinski definition) is 4. The van der Waals surface area contributed by atoms with Gasteiger partial charge in [0.05, 0.1) is 7.11 Å². The van der Waals surface area contributed by atoms with Crippen LogP contribution in [0.25, 0.3) is 0 Å². The van der Waals surface area contributed by atoms with Crippen LogP contribution in [0.15, 0.2) is 18.2 Å². The molecule has 1 atom stereocenters. The Labute approximate surface area is 95.9 Å². The maximum atomic E-state index is 5.91. The normalized spacial score (nSPS) is 21.0. The second-order valence-corrected chi connectivity index (χ2v) is 4.11. The third kappa shape index (κ3) is 2.22. The SMILES string of the molecule is COc1ccc(N)cc1OC1CCCN1C. The van der Waals surface area contributed by atoms with Crippen molar-refractivity contribution in [2.75, 3.05) is 26.4 Å². The Hall–Kier alpha value is -1.42. The lowest BCUT2D eigenvalue weighted by Gasteiger charge is -2.22. The predicted molar refractivity (Wildman–Crippen MR) is 63.7 cm³/mol. The molecule has 0 saturated carbocycles. The molecule has 0 spiro atoms. The van der Waals surface area contributed by atoms with Crippen molar-refractivity contribution in [3.05, 3.63) is 18.2 Å². The number of nitrogens with two attached hydrogens (primary N) is 1. The zero-order valence-electron chi connectivity index (χ0n) is 9.77. The third-order valence-electron chi connectivity index (χ3n) is 2.90. The van der Waals surface area contributed by atoms with Gasteiger partial charge in [-0.1, -0.05) is 0 Å². The zero-order chi connectivity index (χ0) is 11.5. The molecule has 0 radical (unpaired) electrons. The summed E-state index contributed by atoms with van der Waals surface area (Å²) in [5.74, 6) is 1.45.